The number of aromatic amines is 1. The van der Waals surface area contributed by atoms with Crippen molar-refractivity contribution in [2.45, 2.75) is 6.42 Å². The molecule has 4 rings (SSSR count). The summed E-state index contributed by atoms with van der Waals surface area (Å²) in [6.45, 7) is 0. The summed E-state index contributed by atoms with van der Waals surface area (Å²) in [5.74, 6) is 1.71. The Labute approximate surface area is 170 Å². The van der Waals surface area contributed by atoms with E-state index in [1.54, 1.807) is 7.11 Å². The molecule has 0 aliphatic carbocycles. The predicted octanol–water partition coefficient (Wildman–Crippen LogP) is 4.73. The van der Waals surface area contributed by atoms with Crippen LogP contribution in [-0.2, 0) is 6.42 Å². The summed E-state index contributed by atoms with van der Waals surface area (Å²) in [4.78, 5) is 22.7. The number of ether oxygens (including phenoxy) is 1. The minimum Gasteiger partial charge on any atom is -0.497 e. The molecule has 4 aromatic rings. The van der Waals surface area contributed by atoms with Crippen LogP contribution in [0.4, 0.5) is 5.69 Å². The van der Waals surface area contributed by atoms with Gasteiger partial charge in [0.05, 0.1) is 18.1 Å². The van der Waals surface area contributed by atoms with Gasteiger partial charge in [0.2, 0.25) is 0 Å². The molecule has 0 unspecified atom stereocenters. The summed E-state index contributed by atoms with van der Waals surface area (Å²) in [6.07, 6.45) is 0.355. The molecule has 0 bridgehead atoms. The van der Waals surface area contributed by atoms with Crippen molar-refractivity contribution in [1.82, 2.24) is 9.97 Å². The van der Waals surface area contributed by atoms with E-state index in [1.165, 1.54) is 0 Å². The fraction of sp³-hybridized carbons (Fsp3) is 0.167. The number of carbonyl (C=O) groups is 1. The van der Waals surface area contributed by atoms with Crippen LogP contribution in [0.3, 0.4) is 0 Å². The Kier molecular flexibility index (Phi) is 5.04. The predicted molar refractivity (Wildman–Crippen MR) is 117 cm³/mol. The average molecular weight is 385 g/mol. The molecule has 0 aliphatic heterocycles. The number of Topliss-reactive ketones (excluding diaryl/α,β-unsaturated/α-hetero) is 1. The number of carbonyl (C=O) groups excluding carboxylic acids is 1. The largest absolute Gasteiger partial charge is 0.497 e. The highest BCUT2D eigenvalue weighted by Gasteiger charge is 2.10. The van der Waals surface area contributed by atoms with E-state index in [2.05, 4.69) is 9.97 Å². The fourth-order valence-electron chi connectivity index (χ4n) is 3.29. The zero-order valence-electron chi connectivity index (χ0n) is 16.8. The highest BCUT2D eigenvalue weighted by atomic mass is 16.5. The molecule has 146 valence electrons. The summed E-state index contributed by atoms with van der Waals surface area (Å²) in [5, 5.41) is 0. The number of benzene rings is 3. The summed E-state index contributed by atoms with van der Waals surface area (Å²) < 4.78 is 5.21. The number of aromatic nitrogens is 2. The maximum atomic E-state index is 12.7. The highest BCUT2D eigenvalue weighted by molar-refractivity contribution is 5.98. The number of ketones is 1. The van der Waals surface area contributed by atoms with Gasteiger partial charge in [0.15, 0.2) is 5.78 Å². The van der Waals surface area contributed by atoms with Gasteiger partial charge in [0, 0.05) is 37.3 Å². The van der Waals surface area contributed by atoms with Gasteiger partial charge < -0.3 is 14.6 Å². The van der Waals surface area contributed by atoms with E-state index < -0.39 is 0 Å². The van der Waals surface area contributed by atoms with Gasteiger partial charge in [-0.3, -0.25) is 4.79 Å². The van der Waals surface area contributed by atoms with Gasteiger partial charge in [-0.25, -0.2) is 4.98 Å². The summed E-state index contributed by atoms with van der Waals surface area (Å²) in [7, 11) is 5.61. The molecule has 0 saturated heterocycles. The van der Waals surface area contributed by atoms with Crippen molar-refractivity contribution in [3.05, 3.63) is 77.9 Å². The molecule has 0 saturated carbocycles. The lowest BCUT2D eigenvalue weighted by atomic mass is 10.0. The fourth-order valence-corrected chi connectivity index (χ4v) is 3.29. The van der Waals surface area contributed by atoms with Gasteiger partial charge in [-0.2, -0.15) is 0 Å². The van der Waals surface area contributed by atoms with E-state index in [9.17, 15) is 4.79 Å². The first-order valence-electron chi connectivity index (χ1n) is 9.47. The molecule has 1 N–H and O–H groups in total. The van der Waals surface area contributed by atoms with Gasteiger partial charge in [-0.1, -0.05) is 6.07 Å². The summed E-state index contributed by atoms with van der Waals surface area (Å²) in [5.41, 5.74) is 5.54. The van der Waals surface area contributed by atoms with Crippen molar-refractivity contribution >= 4 is 22.5 Å². The molecule has 0 aliphatic rings. The highest BCUT2D eigenvalue weighted by Crippen LogP contribution is 2.24. The number of H-pyrrole nitrogens is 1. The summed E-state index contributed by atoms with van der Waals surface area (Å²) >= 11 is 0. The number of nitrogens with one attached hydrogen (secondary N) is 1. The van der Waals surface area contributed by atoms with E-state index in [1.807, 2.05) is 85.7 Å². The molecule has 5 nitrogen and oxygen atoms in total. The van der Waals surface area contributed by atoms with Crippen LogP contribution < -0.4 is 9.64 Å². The summed E-state index contributed by atoms with van der Waals surface area (Å²) in [6, 6.07) is 21.4. The number of hydrogen-bond donors (Lipinski definition) is 1. The number of hydrogen-bond acceptors (Lipinski definition) is 4. The second kappa shape index (κ2) is 7.80. The topological polar surface area (TPSA) is 58.2 Å². The Morgan fingerprint density at radius 2 is 1.72 bits per heavy atom. The lowest BCUT2D eigenvalue weighted by Crippen LogP contribution is -2.09. The Morgan fingerprint density at radius 3 is 2.38 bits per heavy atom. The van der Waals surface area contributed by atoms with Gasteiger partial charge in [-0.15, -0.1) is 0 Å². The van der Waals surface area contributed by atoms with E-state index in [0.29, 0.717) is 6.42 Å². The molecule has 29 heavy (non-hydrogen) atoms. The molecule has 0 amide bonds. The smallest absolute Gasteiger partial charge is 0.167 e. The number of fused-ring (bicyclic) bond motifs is 1. The van der Waals surface area contributed by atoms with Crippen molar-refractivity contribution in [2.24, 2.45) is 0 Å². The van der Waals surface area contributed by atoms with E-state index >= 15 is 0 Å². The first kappa shape index (κ1) is 18.7. The third kappa shape index (κ3) is 3.99. The molecule has 1 aromatic heterocycles. The zero-order valence-corrected chi connectivity index (χ0v) is 16.8. The van der Waals surface area contributed by atoms with Crippen LogP contribution in [0.25, 0.3) is 22.4 Å². The van der Waals surface area contributed by atoms with Crippen molar-refractivity contribution in [1.29, 1.82) is 0 Å². The lowest BCUT2D eigenvalue weighted by molar-refractivity contribution is 0.0993. The Bertz CT molecular complexity index is 1140. The molecule has 0 atom stereocenters. The second-order valence-corrected chi connectivity index (χ2v) is 7.21. The SMILES string of the molecule is COc1ccc(-c2nc3ccc(CC(=O)c4ccc(N(C)C)cc4)cc3[nH]2)cc1. The van der Waals surface area contributed by atoms with E-state index in [-0.39, 0.29) is 5.78 Å². The average Bonchev–Trinajstić information content (AvgIpc) is 3.17. The molecular weight excluding hydrogens is 362 g/mol. The molecule has 3 aromatic carbocycles. The maximum absolute atomic E-state index is 12.7. The van der Waals surface area contributed by atoms with Gasteiger partial charge in [0.1, 0.15) is 11.6 Å². The molecule has 0 fully saturated rings. The van der Waals surface area contributed by atoms with Crippen LogP contribution in [0.5, 0.6) is 5.75 Å². The maximum Gasteiger partial charge on any atom is 0.167 e. The number of nitrogens with zero attached hydrogens (tertiary/aromatic N) is 2. The number of rotatable bonds is 6. The molecular formula is C24H23N3O2. The van der Waals surface area contributed by atoms with E-state index in [4.69, 9.17) is 4.74 Å². The number of anilines is 1. The molecule has 5 heteroatoms. The van der Waals surface area contributed by atoms with Crippen molar-refractivity contribution < 1.29 is 9.53 Å². The normalized spacial score (nSPS) is 10.9. The molecule has 0 spiro atoms. The van der Waals surface area contributed by atoms with E-state index in [0.717, 1.165) is 45.0 Å². The van der Waals surface area contributed by atoms with Crippen molar-refractivity contribution in [3.63, 3.8) is 0 Å². The Morgan fingerprint density at radius 1 is 1.00 bits per heavy atom. The first-order valence-corrected chi connectivity index (χ1v) is 9.47. The van der Waals surface area contributed by atoms with Crippen LogP contribution in [-0.4, -0.2) is 37.0 Å². The van der Waals surface area contributed by atoms with Crippen LogP contribution in [0, 0.1) is 0 Å². The second-order valence-electron chi connectivity index (χ2n) is 7.21. The van der Waals surface area contributed by atoms with Crippen LogP contribution in [0.15, 0.2) is 66.7 Å². The zero-order chi connectivity index (χ0) is 20.4. The molecule has 1 heterocycles. The minimum absolute atomic E-state index is 0.101. The van der Waals surface area contributed by atoms with Crippen LogP contribution >= 0.6 is 0 Å². The van der Waals surface area contributed by atoms with Gasteiger partial charge in [-0.05, 0) is 66.2 Å². The third-order valence-corrected chi connectivity index (χ3v) is 4.98. The van der Waals surface area contributed by atoms with Gasteiger partial charge in [0.25, 0.3) is 0 Å². The third-order valence-electron chi connectivity index (χ3n) is 4.98. The standard InChI is InChI=1S/C24H23N3O2/c1-27(2)19-9-5-17(6-10-19)23(28)15-16-4-13-21-22(14-16)26-24(25-21)18-7-11-20(29-3)12-8-18/h4-14H,15H2,1-3H3,(H,25,26). The van der Waals surface area contributed by atoms with Crippen LogP contribution in [0.1, 0.15) is 15.9 Å². The Balaban J connectivity index is 1.54. The van der Waals surface area contributed by atoms with Crippen LogP contribution in [0.2, 0.25) is 0 Å². The number of imidazole rings is 1. The minimum atomic E-state index is 0.101. The lowest BCUT2D eigenvalue weighted by Gasteiger charge is -2.12. The van der Waals surface area contributed by atoms with Gasteiger partial charge >= 0.3 is 0 Å². The number of methoxy groups -OCH3 is 1. The first-order chi connectivity index (χ1) is 14.0. The van der Waals surface area contributed by atoms with Crippen molar-refractivity contribution in [2.75, 3.05) is 26.1 Å². The monoisotopic (exact) mass is 385 g/mol. The molecule has 0 radical (unpaired) electrons. The quantitative estimate of drug-likeness (QED) is 0.488. The van der Waals surface area contributed by atoms with Crippen molar-refractivity contribution in [3.8, 4) is 17.1 Å². The Hall–Kier alpha value is -3.60.